The van der Waals surface area contributed by atoms with Crippen molar-refractivity contribution >= 4 is 23.2 Å². The van der Waals surface area contributed by atoms with Crippen LogP contribution in [0.25, 0.3) is 0 Å². The minimum absolute atomic E-state index is 0.0263. The molecule has 1 aromatic carbocycles. The number of nitrogens with one attached hydrogen (secondary N) is 1. The van der Waals surface area contributed by atoms with Crippen molar-refractivity contribution in [1.29, 1.82) is 0 Å². The fourth-order valence-electron chi connectivity index (χ4n) is 3.99. The van der Waals surface area contributed by atoms with Gasteiger partial charge in [0.2, 0.25) is 11.8 Å². The van der Waals surface area contributed by atoms with Crippen molar-refractivity contribution in [2.45, 2.75) is 45.2 Å². The average Bonchev–Trinajstić information content (AvgIpc) is 3.21. The van der Waals surface area contributed by atoms with Gasteiger partial charge in [-0.3, -0.25) is 14.5 Å². The fraction of sp³-hybridized carbons (Fsp3) is 0.455. The number of amides is 2. The van der Waals surface area contributed by atoms with E-state index in [1.807, 2.05) is 49.2 Å². The summed E-state index contributed by atoms with van der Waals surface area (Å²) in [6, 6.07) is 11.3. The van der Waals surface area contributed by atoms with Crippen LogP contribution in [0.1, 0.15) is 44.1 Å². The van der Waals surface area contributed by atoms with Crippen LogP contribution < -0.4 is 10.2 Å². The van der Waals surface area contributed by atoms with Gasteiger partial charge in [-0.2, -0.15) is 0 Å². The Morgan fingerprint density at radius 1 is 1.25 bits per heavy atom. The van der Waals surface area contributed by atoms with Gasteiger partial charge < -0.3 is 14.6 Å². The first kappa shape index (κ1) is 18.7. The summed E-state index contributed by atoms with van der Waals surface area (Å²) >= 11 is 0. The lowest BCUT2D eigenvalue weighted by Crippen LogP contribution is -2.44. The van der Waals surface area contributed by atoms with E-state index in [4.69, 9.17) is 4.42 Å². The number of hydrogen-bond donors (Lipinski definition) is 1. The Labute approximate surface area is 165 Å². The molecule has 1 fully saturated rings. The molecule has 148 valence electrons. The summed E-state index contributed by atoms with van der Waals surface area (Å²) in [7, 11) is 1.91. The lowest BCUT2D eigenvalue weighted by Gasteiger charge is -2.29. The minimum atomic E-state index is -0.198. The molecule has 6 heteroatoms. The molecule has 2 aliphatic rings. The van der Waals surface area contributed by atoms with Crippen molar-refractivity contribution < 1.29 is 14.0 Å². The summed E-state index contributed by atoms with van der Waals surface area (Å²) in [5.74, 6) is 3.11. The zero-order chi connectivity index (χ0) is 19.8. The number of nitrogens with zero attached hydrogens (tertiary/aromatic N) is 2. The monoisotopic (exact) mass is 381 g/mol. The Morgan fingerprint density at radius 3 is 2.75 bits per heavy atom. The van der Waals surface area contributed by atoms with Gasteiger partial charge in [-0.25, -0.2) is 0 Å². The Kier molecular flexibility index (Phi) is 4.98. The van der Waals surface area contributed by atoms with E-state index < -0.39 is 0 Å². The normalized spacial score (nSPS) is 23.9. The summed E-state index contributed by atoms with van der Waals surface area (Å²) in [6.07, 6.45) is 1.48. The lowest BCUT2D eigenvalue weighted by atomic mass is 10.1. The molecule has 1 aliphatic carbocycles. The fourth-order valence-corrected chi connectivity index (χ4v) is 3.99. The number of carbonyl (C=O) groups is 2. The Bertz CT molecular complexity index is 891. The molecule has 3 atom stereocenters. The van der Waals surface area contributed by atoms with Crippen LogP contribution in [0.2, 0.25) is 0 Å². The van der Waals surface area contributed by atoms with Crippen LogP contribution in [0.4, 0.5) is 11.4 Å². The number of fused-ring (bicyclic) bond motifs is 1. The lowest BCUT2D eigenvalue weighted by molar-refractivity contribution is -0.120. The molecule has 1 N–H and O–H groups in total. The van der Waals surface area contributed by atoms with Crippen molar-refractivity contribution in [1.82, 2.24) is 4.90 Å². The van der Waals surface area contributed by atoms with Crippen LogP contribution >= 0.6 is 0 Å². The van der Waals surface area contributed by atoms with Crippen LogP contribution in [-0.2, 0) is 16.1 Å². The Morgan fingerprint density at radius 2 is 2.00 bits per heavy atom. The molecule has 2 aromatic rings. The third-order valence-electron chi connectivity index (χ3n) is 5.62. The van der Waals surface area contributed by atoms with Crippen molar-refractivity contribution in [3.63, 3.8) is 0 Å². The quantitative estimate of drug-likeness (QED) is 0.859. The van der Waals surface area contributed by atoms with Crippen LogP contribution in [-0.4, -0.2) is 36.3 Å². The number of likely N-dealkylation sites (N-methyl/N-ethyl adjacent to an activating group) is 1. The first-order chi connectivity index (χ1) is 13.4. The molecule has 0 bridgehead atoms. The molecule has 0 radical (unpaired) electrons. The third kappa shape index (κ3) is 3.83. The topological polar surface area (TPSA) is 65.8 Å². The minimum Gasteiger partial charge on any atom is -0.464 e. The van der Waals surface area contributed by atoms with E-state index in [1.54, 1.807) is 4.90 Å². The summed E-state index contributed by atoms with van der Waals surface area (Å²) in [5, 5.41) is 2.89. The van der Waals surface area contributed by atoms with Crippen molar-refractivity contribution in [3.8, 4) is 0 Å². The van der Waals surface area contributed by atoms with Gasteiger partial charge in [0.25, 0.3) is 0 Å². The molecule has 2 heterocycles. The van der Waals surface area contributed by atoms with Gasteiger partial charge in [0.1, 0.15) is 11.5 Å². The standard InChI is InChI=1S/C22H27N3O3/c1-14-10-17(14)20-9-8-16(28-20)12-24(3)13-22(27)25-15(2)11-21(26)23-18-6-4-5-7-19(18)25/h4-9,14-15,17H,10-13H2,1-3H3,(H,23,26)/t14-,15+,17+/m1/s1. The largest absolute Gasteiger partial charge is 0.464 e. The Hall–Kier alpha value is -2.60. The molecule has 0 spiro atoms. The van der Waals surface area contributed by atoms with E-state index >= 15 is 0 Å². The van der Waals surface area contributed by atoms with Gasteiger partial charge in [-0.1, -0.05) is 19.1 Å². The molecular weight excluding hydrogens is 354 g/mol. The number of rotatable bonds is 5. The van der Waals surface area contributed by atoms with Crippen LogP contribution in [0.3, 0.4) is 0 Å². The van der Waals surface area contributed by atoms with Gasteiger partial charge in [-0.05, 0) is 50.6 Å². The molecule has 1 saturated carbocycles. The van der Waals surface area contributed by atoms with Gasteiger partial charge in [-0.15, -0.1) is 0 Å². The highest BCUT2D eigenvalue weighted by Crippen LogP contribution is 2.47. The van der Waals surface area contributed by atoms with Gasteiger partial charge in [0.15, 0.2) is 0 Å². The molecule has 0 unspecified atom stereocenters. The van der Waals surface area contributed by atoms with E-state index in [0.717, 1.165) is 17.2 Å². The van der Waals surface area contributed by atoms with E-state index in [0.29, 0.717) is 24.1 Å². The van der Waals surface area contributed by atoms with E-state index in [-0.39, 0.29) is 30.8 Å². The highest BCUT2D eigenvalue weighted by molar-refractivity contribution is 6.04. The second kappa shape index (κ2) is 7.43. The SMILES string of the molecule is C[C@@H]1C[C@@H]1c1ccc(CN(C)CC(=O)N2c3ccccc3NC(=O)C[C@@H]2C)o1. The third-order valence-corrected chi connectivity index (χ3v) is 5.62. The molecule has 28 heavy (non-hydrogen) atoms. The number of furan rings is 1. The van der Waals surface area contributed by atoms with Crippen molar-refractivity contribution in [2.75, 3.05) is 23.8 Å². The first-order valence-electron chi connectivity index (χ1n) is 9.90. The number of carbonyl (C=O) groups excluding carboxylic acids is 2. The molecule has 0 saturated heterocycles. The highest BCUT2D eigenvalue weighted by atomic mass is 16.3. The summed E-state index contributed by atoms with van der Waals surface area (Å²) < 4.78 is 5.97. The maximum absolute atomic E-state index is 13.1. The number of hydrogen-bond acceptors (Lipinski definition) is 4. The average molecular weight is 381 g/mol. The van der Waals surface area contributed by atoms with Gasteiger partial charge in [0.05, 0.1) is 24.5 Å². The molecule has 2 amide bonds. The van der Waals surface area contributed by atoms with Crippen LogP contribution in [0, 0.1) is 5.92 Å². The predicted octanol–water partition coefficient (Wildman–Crippen LogP) is 3.60. The molecule has 6 nitrogen and oxygen atoms in total. The smallest absolute Gasteiger partial charge is 0.241 e. The summed E-state index contributed by atoms with van der Waals surface area (Å²) in [6.45, 7) is 4.98. The molecule has 4 rings (SSSR count). The van der Waals surface area contributed by atoms with E-state index in [1.165, 1.54) is 6.42 Å². The molecule has 1 aliphatic heterocycles. The molecule has 1 aromatic heterocycles. The summed E-state index contributed by atoms with van der Waals surface area (Å²) in [5.41, 5.74) is 1.43. The van der Waals surface area contributed by atoms with E-state index in [2.05, 4.69) is 18.3 Å². The zero-order valence-electron chi connectivity index (χ0n) is 16.6. The maximum atomic E-state index is 13.1. The van der Waals surface area contributed by atoms with Crippen molar-refractivity contribution in [2.24, 2.45) is 5.92 Å². The number of benzene rings is 1. The maximum Gasteiger partial charge on any atom is 0.241 e. The second-order valence-corrected chi connectivity index (χ2v) is 8.18. The van der Waals surface area contributed by atoms with Crippen molar-refractivity contribution in [3.05, 3.63) is 47.9 Å². The number of para-hydroxylation sites is 2. The van der Waals surface area contributed by atoms with Crippen LogP contribution in [0.5, 0.6) is 0 Å². The number of anilines is 2. The van der Waals surface area contributed by atoms with Crippen LogP contribution in [0.15, 0.2) is 40.8 Å². The highest BCUT2D eigenvalue weighted by Gasteiger charge is 2.36. The molecular formula is C22H27N3O3. The Balaban J connectivity index is 1.44. The zero-order valence-corrected chi connectivity index (χ0v) is 16.6. The van der Waals surface area contributed by atoms with E-state index in [9.17, 15) is 9.59 Å². The van der Waals surface area contributed by atoms with Gasteiger partial charge >= 0.3 is 0 Å². The van der Waals surface area contributed by atoms with Gasteiger partial charge in [0, 0.05) is 18.4 Å². The summed E-state index contributed by atoms with van der Waals surface area (Å²) in [4.78, 5) is 28.9. The second-order valence-electron chi connectivity index (χ2n) is 8.18. The predicted molar refractivity (Wildman–Crippen MR) is 108 cm³/mol. The first-order valence-corrected chi connectivity index (χ1v) is 9.90.